The summed E-state index contributed by atoms with van der Waals surface area (Å²) in [5.41, 5.74) is 0.513. The molecular formula is C17H24N2O2S. The maximum Gasteiger partial charge on any atom is 0.261 e. The SMILES string of the molecule is CC(C)COc1ccccc1C(=O)NC(=S)NC1CCCC1. The highest BCUT2D eigenvalue weighted by molar-refractivity contribution is 7.80. The van der Waals surface area contributed by atoms with Gasteiger partial charge in [0.1, 0.15) is 5.75 Å². The van der Waals surface area contributed by atoms with Gasteiger partial charge in [-0.2, -0.15) is 0 Å². The number of carbonyl (C=O) groups excluding carboxylic acids is 1. The molecule has 0 radical (unpaired) electrons. The fourth-order valence-electron chi connectivity index (χ4n) is 2.50. The minimum atomic E-state index is -0.227. The van der Waals surface area contributed by atoms with Gasteiger partial charge in [0.2, 0.25) is 0 Å². The van der Waals surface area contributed by atoms with Crippen molar-refractivity contribution in [1.29, 1.82) is 0 Å². The van der Waals surface area contributed by atoms with Gasteiger partial charge in [-0.3, -0.25) is 10.1 Å². The molecule has 1 aliphatic carbocycles. The second-order valence-corrected chi connectivity index (χ2v) is 6.52. The first kappa shape index (κ1) is 16.7. The van der Waals surface area contributed by atoms with E-state index in [2.05, 4.69) is 24.5 Å². The molecule has 2 rings (SSSR count). The molecule has 0 unspecified atom stereocenters. The van der Waals surface area contributed by atoms with Crippen molar-refractivity contribution in [2.24, 2.45) is 5.92 Å². The molecule has 1 aromatic rings. The van der Waals surface area contributed by atoms with Crippen LogP contribution in [0.3, 0.4) is 0 Å². The normalized spacial score (nSPS) is 14.9. The van der Waals surface area contributed by atoms with Crippen molar-refractivity contribution in [3.63, 3.8) is 0 Å². The van der Waals surface area contributed by atoms with Gasteiger partial charge in [-0.25, -0.2) is 0 Å². The van der Waals surface area contributed by atoms with Crippen molar-refractivity contribution < 1.29 is 9.53 Å². The van der Waals surface area contributed by atoms with Crippen LogP contribution in [-0.4, -0.2) is 23.7 Å². The number of nitrogens with one attached hydrogen (secondary N) is 2. The molecule has 0 aromatic heterocycles. The Labute approximate surface area is 137 Å². The summed E-state index contributed by atoms with van der Waals surface area (Å²) < 4.78 is 5.71. The zero-order valence-corrected chi connectivity index (χ0v) is 14.0. The van der Waals surface area contributed by atoms with Crippen LogP contribution in [0.5, 0.6) is 5.75 Å². The Morgan fingerprint density at radius 2 is 2.00 bits per heavy atom. The first-order valence-electron chi connectivity index (χ1n) is 7.90. The molecule has 2 N–H and O–H groups in total. The van der Waals surface area contributed by atoms with E-state index < -0.39 is 0 Å². The number of hydrogen-bond acceptors (Lipinski definition) is 3. The molecule has 120 valence electrons. The van der Waals surface area contributed by atoms with Gasteiger partial charge in [0, 0.05) is 6.04 Å². The van der Waals surface area contributed by atoms with E-state index in [4.69, 9.17) is 17.0 Å². The average Bonchev–Trinajstić information content (AvgIpc) is 2.98. The Morgan fingerprint density at radius 1 is 1.32 bits per heavy atom. The minimum Gasteiger partial charge on any atom is -0.492 e. The lowest BCUT2D eigenvalue weighted by Crippen LogP contribution is -2.43. The Bertz CT molecular complexity index is 525. The van der Waals surface area contributed by atoms with Gasteiger partial charge in [0.05, 0.1) is 12.2 Å². The van der Waals surface area contributed by atoms with Crippen molar-refractivity contribution in [2.75, 3.05) is 6.61 Å². The third kappa shape index (κ3) is 4.98. The van der Waals surface area contributed by atoms with Gasteiger partial charge < -0.3 is 10.1 Å². The number of thiocarbonyl (C=S) groups is 1. The maximum absolute atomic E-state index is 12.4. The molecule has 1 aromatic carbocycles. The van der Waals surface area contributed by atoms with Crippen LogP contribution in [0, 0.1) is 5.92 Å². The van der Waals surface area contributed by atoms with Crippen molar-refractivity contribution >= 4 is 23.2 Å². The lowest BCUT2D eigenvalue weighted by atomic mass is 10.2. The van der Waals surface area contributed by atoms with Crippen LogP contribution in [0.25, 0.3) is 0 Å². The molecule has 1 amide bonds. The predicted molar refractivity (Wildman–Crippen MR) is 92.2 cm³/mol. The first-order valence-corrected chi connectivity index (χ1v) is 8.30. The second-order valence-electron chi connectivity index (χ2n) is 6.11. The summed E-state index contributed by atoms with van der Waals surface area (Å²) in [5, 5.41) is 6.36. The van der Waals surface area contributed by atoms with Crippen LogP contribution in [0.1, 0.15) is 49.9 Å². The monoisotopic (exact) mass is 320 g/mol. The van der Waals surface area contributed by atoms with Crippen LogP contribution < -0.4 is 15.4 Å². The van der Waals surface area contributed by atoms with Crippen LogP contribution >= 0.6 is 12.2 Å². The standard InChI is InChI=1S/C17H24N2O2S/c1-12(2)11-21-15-10-6-5-9-14(15)16(20)19-17(22)18-13-7-3-4-8-13/h5-6,9-10,12-13H,3-4,7-8,11H2,1-2H3,(H2,18,19,20,22). The third-order valence-electron chi connectivity index (χ3n) is 3.62. The van der Waals surface area contributed by atoms with Gasteiger partial charge in [-0.05, 0) is 43.1 Å². The summed E-state index contributed by atoms with van der Waals surface area (Å²) in [6.45, 7) is 4.72. The van der Waals surface area contributed by atoms with Crippen molar-refractivity contribution in [3.8, 4) is 5.75 Å². The lowest BCUT2D eigenvalue weighted by Gasteiger charge is -2.16. The molecule has 1 aliphatic rings. The van der Waals surface area contributed by atoms with E-state index in [9.17, 15) is 4.79 Å². The number of para-hydroxylation sites is 1. The topological polar surface area (TPSA) is 50.4 Å². The molecule has 22 heavy (non-hydrogen) atoms. The van der Waals surface area contributed by atoms with Gasteiger partial charge in [-0.1, -0.05) is 38.8 Å². The summed E-state index contributed by atoms with van der Waals surface area (Å²) in [7, 11) is 0. The second kappa shape index (κ2) is 8.13. The quantitative estimate of drug-likeness (QED) is 0.818. The Morgan fingerprint density at radius 3 is 2.68 bits per heavy atom. The molecule has 0 saturated heterocycles. The smallest absolute Gasteiger partial charge is 0.261 e. The van der Waals surface area contributed by atoms with Gasteiger partial charge in [-0.15, -0.1) is 0 Å². The van der Waals surface area contributed by atoms with Gasteiger partial charge in [0.15, 0.2) is 5.11 Å². The van der Waals surface area contributed by atoms with Gasteiger partial charge in [0.25, 0.3) is 5.91 Å². The van der Waals surface area contributed by atoms with E-state index in [0.717, 1.165) is 12.8 Å². The highest BCUT2D eigenvalue weighted by Crippen LogP contribution is 2.19. The molecule has 0 atom stereocenters. The number of carbonyl (C=O) groups is 1. The van der Waals surface area contributed by atoms with E-state index in [1.807, 2.05) is 18.2 Å². The summed E-state index contributed by atoms with van der Waals surface area (Å²) >= 11 is 5.23. The Hall–Kier alpha value is -1.62. The summed E-state index contributed by atoms with van der Waals surface area (Å²) in [6.07, 6.45) is 4.67. The molecule has 5 heteroatoms. The van der Waals surface area contributed by atoms with E-state index in [1.54, 1.807) is 6.07 Å². The zero-order valence-electron chi connectivity index (χ0n) is 13.2. The molecule has 0 spiro atoms. The highest BCUT2D eigenvalue weighted by atomic mass is 32.1. The highest BCUT2D eigenvalue weighted by Gasteiger charge is 2.18. The molecule has 1 saturated carbocycles. The number of amides is 1. The fraction of sp³-hybridized carbons (Fsp3) is 0.529. The Kier molecular flexibility index (Phi) is 6.19. The van der Waals surface area contributed by atoms with E-state index in [-0.39, 0.29) is 5.91 Å². The largest absolute Gasteiger partial charge is 0.492 e. The molecule has 0 heterocycles. The number of hydrogen-bond donors (Lipinski definition) is 2. The molecule has 0 bridgehead atoms. The first-order chi connectivity index (χ1) is 10.6. The van der Waals surface area contributed by atoms with Crippen molar-refractivity contribution in [1.82, 2.24) is 10.6 Å². The molecule has 1 fully saturated rings. The molecule has 0 aliphatic heterocycles. The Balaban J connectivity index is 1.94. The van der Waals surface area contributed by atoms with Crippen LogP contribution in [0.2, 0.25) is 0 Å². The lowest BCUT2D eigenvalue weighted by molar-refractivity contribution is 0.0971. The summed E-state index contributed by atoms with van der Waals surface area (Å²) in [5.74, 6) is 0.772. The van der Waals surface area contributed by atoms with Crippen molar-refractivity contribution in [2.45, 2.75) is 45.6 Å². The number of benzene rings is 1. The third-order valence-corrected chi connectivity index (χ3v) is 3.84. The fourth-order valence-corrected chi connectivity index (χ4v) is 2.76. The summed E-state index contributed by atoms with van der Waals surface area (Å²) in [4.78, 5) is 12.4. The van der Waals surface area contributed by atoms with Crippen LogP contribution in [0.4, 0.5) is 0 Å². The van der Waals surface area contributed by atoms with Crippen molar-refractivity contribution in [3.05, 3.63) is 29.8 Å². The van der Waals surface area contributed by atoms with E-state index >= 15 is 0 Å². The average molecular weight is 320 g/mol. The zero-order chi connectivity index (χ0) is 15.9. The number of rotatable bonds is 5. The molecular weight excluding hydrogens is 296 g/mol. The maximum atomic E-state index is 12.4. The molecule has 4 nitrogen and oxygen atoms in total. The number of ether oxygens (including phenoxy) is 1. The van der Waals surface area contributed by atoms with Crippen LogP contribution in [-0.2, 0) is 0 Å². The van der Waals surface area contributed by atoms with E-state index in [0.29, 0.717) is 35.0 Å². The minimum absolute atomic E-state index is 0.227. The predicted octanol–water partition coefficient (Wildman–Crippen LogP) is 3.27. The van der Waals surface area contributed by atoms with E-state index in [1.165, 1.54) is 12.8 Å². The van der Waals surface area contributed by atoms with Crippen LogP contribution in [0.15, 0.2) is 24.3 Å². The summed E-state index contributed by atoms with van der Waals surface area (Å²) in [6, 6.07) is 7.64. The van der Waals surface area contributed by atoms with Gasteiger partial charge >= 0.3 is 0 Å².